The zero-order valence-electron chi connectivity index (χ0n) is 22.1. The third-order valence-corrected chi connectivity index (χ3v) is 9.05. The highest BCUT2D eigenvalue weighted by Crippen LogP contribution is 2.42. The molecule has 0 bridgehead atoms. The molecule has 202 valence electrons. The van der Waals surface area contributed by atoms with Crippen molar-refractivity contribution in [3.8, 4) is 22.9 Å². The Kier molecular flexibility index (Phi) is 6.74. The average molecular weight is 546 g/mol. The first kappa shape index (κ1) is 25.4. The molecule has 0 radical (unpaired) electrons. The van der Waals surface area contributed by atoms with Crippen molar-refractivity contribution < 1.29 is 17.9 Å². The van der Waals surface area contributed by atoms with Crippen LogP contribution in [0.1, 0.15) is 24.8 Å². The lowest BCUT2D eigenvalue weighted by atomic mass is 10.1. The predicted octanol–water partition coefficient (Wildman–Crippen LogP) is 5.00. The minimum atomic E-state index is -3.96. The molecule has 3 aromatic heterocycles. The van der Waals surface area contributed by atoms with Gasteiger partial charge in [0, 0.05) is 29.6 Å². The van der Waals surface area contributed by atoms with Crippen LogP contribution in [0.4, 0.5) is 0 Å². The lowest BCUT2D eigenvalue weighted by Crippen LogP contribution is -2.22. The molecule has 39 heavy (non-hydrogen) atoms. The van der Waals surface area contributed by atoms with Crippen LogP contribution in [0, 0.1) is 6.92 Å². The number of hydrogen-bond acceptors (Lipinski definition) is 7. The van der Waals surface area contributed by atoms with E-state index < -0.39 is 10.0 Å². The standard InChI is InChI=1S/C29H31N5O4S/c1-20-6-8-21(9-7-20)39(35,36)34-24-10-11-31-29(23-18-30-19-32-23)28(24)22-16-26(37-2)27(17-25(22)34)38-15-5-14-33-12-3-4-13-33/h6-11,16-19H,3-5,12-15H2,1-2H3,(H,30,32). The zero-order valence-corrected chi connectivity index (χ0v) is 22.9. The highest BCUT2D eigenvalue weighted by atomic mass is 32.2. The van der Waals surface area contributed by atoms with E-state index in [0.717, 1.165) is 31.6 Å². The van der Waals surface area contributed by atoms with Crippen molar-refractivity contribution in [3.63, 3.8) is 0 Å². The predicted molar refractivity (Wildman–Crippen MR) is 151 cm³/mol. The number of rotatable bonds is 9. The fourth-order valence-electron chi connectivity index (χ4n) is 5.35. The molecule has 1 saturated heterocycles. The highest BCUT2D eigenvalue weighted by Gasteiger charge is 2.27. The monoisotopic (exact) mass is 545 g/mol. The van der Waals surface area contributed by atoms with Crippen molar-refractivity contribution >= 4 is 31.8 Å². The number of aromatic amines is 1. The van der Waals surface area contributed by atoms with Crippen LogP contribution in [0.5, 0.6) is 11.5 Å². The van der Waals surface area contributed by atoms with Gasteiger partial charge in [0.05, 0.1) is 53.6 Å². The smallest absolute Gasteiger partial charge is 0.268 e. The van der Waals surface area contributed by atoms with E-state index in [9.17, 15) is 8.42 Å². The highest BCUT2D eigenvalue weighted by molar-refractivity contribution is 7.90. The molecular formula is C29H31N5O4S. The Morgan fingerprint density at radius 3 is 2.54 bits per heavy atom. The van der Waals surface area contributed by atoms with Gasteiger partial charge in [-0.1, -0.05) is 17.7 Å². The van der Waals surface area contributed by atoms with Crippen LogP contribution in [0.15, 0.2) is 66.1 Å². The average Bonchev–Trinajstić information content (AvgIpc) is 3.71. The minimum absolute atomic E-state index is 0.204. The maximum atomic E-state index is 14.1. The van der Waals surface area contributed by atoms with E-state index in [1.807, 2.05) is 13.0 Å². The van der Waals surface area contributed by atoms with Gasteiger partial charge in [0.1, 0.15) is 0 Å². The molecule has 10 heteroatoms. The summed E-state index contributed by atoms with van der Waals surface area (Å²) in [5, 5.41) is 1.38. The van der Waals surface area contributed by atoms with Crippen molar-refractivity contribution in [1.29, 1.82) is 0 Å². The zero-order chi connectivity index (χ0) is 27.0. The molecule has 1 aliphatic heterocycles. The van der Waals surface area contributed by atoms with E-state index in [1.165, 1.54) is 16.8 Å². The molecule has 0 aliphatic carbocycles. The Morgan fingerprint density at radius 2 is 1.82 bits per heavy atom. The van der Waals surface area contributed by atoms with Gasteiger partial charge in [-0.3, -0.25) is 4.98 Å². The van der Waals surface area contributed by atoms with Crippen LogP contribution >= 0.6 is 0 Å². The summed E-state index contributed by atoms with van der Waals surface area (Å²) in [6.45, 7) is 5.69. The molecule has 1 N–H and O–H groups in total. The van der Waals surface area contributed by atoms with Gasteiger partial charge in [-0.2, -0.15) is 0 Å². The number of hydrogen-bond donors (Lipinski definition) is 1. The third-order valence-electron chi connectivity index (χ3n) is 7.31. The number of aromatic nitrogens is 4. The summed E-state index contributed by atoms with van der Waals surface area (Å²) in [4.78, 5) is 14.5. The fraction of sp³-hybridized carbons (Fsp3) is 0.310. The number of fused-ring (bicyclic) bond motifs is 3. The van der Waals surface area contributed by atoms with E-state index in [0.29, 0.717) is 51.3 Å². The second-order valence-electron chi connectivity index (χ2n) is 9.87. The first-order chi connectivity index (χ1) is 19.0. The number of imidazole rings is 1. The van der Waals surface area contributed by atoms with Crippen molar-refractivity contribution in [2.75, 3.05) is 33.4 Å². The second-order valence-corrected chi connectivity index (χ2v) is 11.7. The molecule has 1 aliphatic rings. The number of H-pyrrole nitrogens is 1. The number of likely N-dealkylation sites (tertiary alicyclic amines) is 1. The van der Waals surface area contributed by atoms with Crippen LogP contribution in [-0.4, -0.2) is 65.6 Å². The van der Waals surface area contributed by atoms with Gasteiger partial charge < -0.3 is 19.4 Å². The Labute approximate surface area is 227 Å². The quantitative estimate of drug-likeness (QED) is 0.260. The molecule has 6 rings (SSSR count). The van der Waals surface area contributed by atoms with E-state index in [1.54, 1.807) is 62.2 Å². The van der Waals surface area contributed by atoms with Gasteiger partial charge in [-0.15, -0.1) is 0 Å². The van der Waals surface area contributed by atoms with Crippen molar-refractivity contribution in [2.45, 2.75) is 31.1 Å². The third kappa shape index (κ3) is 4.63. The first-order valence-electron chi connectivity index (χ1n) is 13.1. The Bertz CT molecular complexity index is 1720. The molecule has 9 nitrogen and oxygen atoms in total. The molecule has 0 saturated carbocycles. The van der Waals surface area contributed by atoms with Gasteiger partial charge in [0.15, 0.2) is 11.5 Å². The van der Waals surface area contributed by atoms with Gasteiger partial charge in [0.25, 0.3) is 10.0 Å². The van der Waals surface area contributed by atoms with Gasteiger partial charge in [-0.05, 0) is 63.5 Å². The number of ether oxygens (including phenoxy) is 2. The Morgan fingerprint density at radius 1 is 1.03 bits per heavy atom. The van der Waals surface area contributed by atoms with Crippen LogP contribution in [0.2, 0.25) is 0 Å². The summed E-state index contributed by atoms with van der Waals surface area (Å²) in [7, 11) is -2.37. The lowest BCUT2D eigenvalue weighted by Gasteiger charge is -2.16. The van der Waals surface area contributed by atoms with E-state index in [2.05, 4.69) is 19.9 Å². The number of nitrogens with zero attached hydrogens (tertiary/aromatic N) is 4. The number of nitrogens with one attached hydrogen (secondary N) is 1. The Hall–Kier alpha value is -3.89. The van der Waals surface area contributed by atoms with Crippen LogP contribution in [0.3, 0.4) is 0 Å². The number of methoxy groups -OCH3 is 1. The summed E-state index contributed by atoms with van der Waals surface area (Å²) < 4.78 is 41.6. The fourth-order valence-corrected chi connectivity index (χ4v) is 6.86. The van der Waals surface area contributed by atoms with E-state index in [-0.39, 0.29) is 4.90 Å². The van der Waals surface area contributed by atoms with Crippen molar-refractivity contribution in [2.24, 2.45) is 0 Å². The molecule has 0 unspecified atom stereocenters. The Balaban J connectivity index is 1.52. The molecule has 1 fully saturated rings. The molecular weight excluding hydrogens is 514 g/mol. The lowest BCUT2D eigenvalue weighted by molar-refractivity contribution is 0.254. The normalized spacial score (nSPS) is 14.4. The SMILES string of the molecule is COc1cc2c3c(-c4cnc[nH]4)nccc3n(S(=O)(=O)c3ccc(C)cc3)c2cc1OCCCN1CCCC1. The molecule has 4 heterocycles. The van der Waals surface area contributed by atoms with Gasteiger partial charge in [-0.25, -0.2) is 17.4 Å². The van der Waals surface area contributed by atoms with Crippen LogP contribution in [0.25, 0.3) is 33.2 Å². The number of aryl methyl sites for hydroxylation is 1. The number of benzene rings is 2. The second kappa shape index (κ2) is 10.3. The maximum absolute atomic E-state index is 14.1. The molecule has 0 amide bonds. The largest absolute Gasteiger partial charge is 0.493 e. The van der Waals surface area contributed by atoms with Gasteiger partial charge >= 0.3 is 0 Å². The van der Waals surface area contributed by atoms with E-state index in [4.69, 9.17) is 9.47 Å². The summed E-state index contributed by atoms with van der Waals surface area (Å²) in [5.74, 6) is 1.04. The van der Waals surface area contributed by atoms with Crippen molar-refractivity contribution in [1.82, 2.24) is 23.8 Å². The van der Waals surface area contributed by atoms with Gasteiger partial charge in [0.2, 0.25) is 0 Å². The van der Waals surface area contributed by atoms with Crippen molar-refractivity contribution in [3.05, 3.63) is 66.7 Å². The summed E-state index contributed by atoms with van der Waals surface area (Å²) in [6.07, 6.45) is 8.24. The van der Waals surface area contributed by atoms with E-state index >= 15 is 0 Å². The van der Waals surface area contributed by atoms with Crippen LogP contribution < -0.4 is 9.47 Å². The number of pyridine rings is 1. The minimum Gasteiger partial charge on any atom is -0.493 e. The molecule has 0 spiro atoms. The topological polar surface area (TPSA) is 102 Å². The maximum Gasteiger partial charge on any atom is 0.268 e. The molecule has 5 aromatic rings. The summed E-state index contributed by atoms with van der Waals surface area (Å²) >= 11 is 0. The van der Waals surface area contributed by atoms with Crippen LogP contribution in [-0.2, 0) is 10.0 Å². The summed E-state index contributed by atoms with van der Waals surface area (Å²) in [5.41, 5.74) is 3.28. The summed E-state index contributed by atoms with van der Waals surface area (Å²) in [6, 6.07) is 12.2. The molecule has 0 atom stereocenters. The first-order valence-corrected chi connectivity index (χ1v) is 14.6. The molecule has 2 aromatic carbocycles.